The first-order chi connectivity index (χ1) is 9.11. The summed E-state index contributed by atoms with van der Waals surface area (Å²) in [5.74, 6) is 0. The normalized spacial score (nSPS) is 12.4. The van der Waals surface area contributed by atoms with Gasteiger partial charge in [0.2, 0.25) is 0 Å². The Morgan fingerprint density at radius 2 is 1.95 bits per heavy atom. The van der Waals surface area contributed by atoms with E-state index in [1.807, 2.05) is 18.2 Å². The number of nitrogens with two attached hydrogens (primary N) is 1. The fourth-order valence-electron chi connectivity index (χ4n) is 2.36. The third-order valence-electron chi connectivity index (χ3n) is 3.43. The topological polar surface area (TPSA) is 26.0 Å². The van der Waals surface area contributed by atoms with Crippen molar-refractivity contribution in [1.29, 1.82) is 0 Å². The lowest BCUT2D eigenvalue weighted by Gasteiger charge is -2.16. The van der Waals surface area contributed by atoms with Gasteiger partial charge in [0, 0.05) is 5.02 Å². The summed E-state index contributed by atoms with van der Waals surface area (Å²) < 4.78 is 0. The highest BCUT2D eigenvalue weighted by Gasteiger charge is 2.12. The third kappa shape index (κ3) is 3.37. The van der Waals surface area contributed by atoms with Gasteiger partial charge < -0.3 is 5.73 Å². The molecule has 0 aliphatic heterocycles. The van der Waals surface area contributed by atoms with Crippen LogP contribution >= 0.6 is 11.6 Å². The van der Waals surface area contributed by atoms with Crippen LogP contribution in [0.4, 0.5) is 0 Å². The van der Waals surface area contributed by atoms with Crippen LogP contribution in [0.3, 0.4) is 0 Å². The van der Waals surface area contributed by atoms with Crippen LogP contribution in [0.1, 0.15) is 41.6 Å². The molecule has 2 rings (SSSR count). The van der Waals surface area contributed by atoms with Gasteiger partial charge in [-0.25, -0.2) is 0 Å². The Labute approximate surface area is 120 Å². The summed E-state index contributed by atoms with van der Waals surface area (Å²) in [4.78, 5) is 0. The summed E-state index contributed by atoms with van der Waals surface area (Å²) >= 11 is 6.07. The summed E-state index contributed by atoms with van der Waals surface area (Å²) in [5.41, 5.74) is 11.2. The number of hydrogen-bond acceptors (Lipinski definition) is 1. The fraction of sp³-hybridized carbons (Fsp3) is 0.294. The van der Waals surface area contributed by atoms with Crippen molar-refractivity contribution in [2.45, 2.75) is 32.7 Å². The van der Waals surface area contributed by atoms with Gasteiger partial charge in [-0.2, -0.15) is 0 Å². The molecule has 0 heterocycles. The van der Waals surface area contributed by atoms with Gasteiger partial charge in [0.05, 0.1) is 6.04 Å². The van der Waals surface area contributed by atoms with E-state index in [1.54, 1.807) is 0 Å². The molecule has 0 amide bonds. The summed E-state index contributed by atoms with van der Waals surface area (Å²) in [6, 6.07) is 14.3. The van der Waals surface area contributed by atoms with Crippen LogP contribution in [0.2, 0.25) is 5.02 Å². The van der Waals surface area contributed by atoms with Gasteiger partial charge >= 0.3 is 0 Å². The van der Waals surface area contributed by atoms with Crippen LogP contribution in [0.25, 0.3) is 0 Å². The molecule has 1 nitrogen and oxygen atoms in total. The largest absolute Gasteiger partial charge is 0.320 e. The number of halogens is 1. The van der Waals surface area contributed by atoms with E-state index in [9.17, 15) is 0 Å². The highest BCUT2D eigenvalue weighted by molar-refractivity contribution is 6.30. The van der Waals surface area contributed by atoms with Crippen molar-refractivity contribution < 1.29 is 0 Å². The van der Waals surface area contributed by atoms with E-state index in [2.05, 4.69) is 38.1 Å². The second kappa shape index (κ2) is 6.23. The first kappa shape index (κ1) is 14.1. The first-order valence-corrected chi connectivity index (χ1v) is 7.10. The molecule has 100 valence electrons. The van der Waals surface area contributed by atoms with Crippen LogP contribution < -0.4 is 5.73 Å². The van der Waals surface area contributed by atoms with Gasteiger partial charge in [0.25, 0.3) is 0 Å². The van der Waals surface area contributed by atoms with E-state index < -0.39 is 0 Å². The fourth-order valence-corrected chi connectivity index (χ4v) is 2.54. The highest BCUT2D eigenvalue weighted by Crippen LogP contribution is 2.26. The maximum Gasteiger partial charge on any atom is 0.0554 e. The van der Waals surface area contributed by atoms with Crippen LogP contribution in [0, 0.1) is 6.92 Å². The first-order valence-electron chi connectivity index (χ1n) is 6.72. The zero-order valence-corrected chi connectivity index (χ0v) is 12.2. The lowest BCUT2D eigenvalue weighted by molar-refractivity contribution is 0.851. The average Bonchev–Trinajstić information content (AvgIpc) is 2.41. The van der Waals surface area contributed by atoms with Gasteiger partial charge in [0.15, 0.2) is 0 Å². The second-order valence-corrected chi connectivity index (χ2v) is 5.41. The highest BCUT2D eigenvalue weighted by atomic mass is 35.5. The molecule has 0 aromatic heterocycles. The zero-order valence-electron chi connectivity index (χ0n) is 11.5. The van der Waals surface area contributed by atoms with Crippen molar-refractivity contribution in [3.8, 4) is 0 Å². The van der Waals surface area contributed by atoms with Crippen molar-refractivity contribution in [2.24, 2.45) is 5.73 Å². The molecular weight excluding hydrogens is 254 g/mol. The van der Waals surface area contributed by atoms with Gasteiger partial charge in [-0.05, 0) is 47.7 Å². The van der Waals surface area contributed by atoms with Gasteiger partial charge in [-0.1, -0.05) is 55.3 Å². The van der Waals surface area contributed by atoms with Crippen molar-refractivity contribution in [2.75, 3.05) is 0 Å². The van der Waals surface area contributed by atoms with Gasteiger partial charge in [-0.15, -0.1) is 0 Å². The SMILES string of the molecule is CCCc1cccc(C(N)c2cc(Cl)ccc2C)c1. The molecular formula is C17H20ClN. The van der Waals surface area contributed by atoms with Crippen molar-refractivity contribution >= 4 is 11.6 Å². The predicted octanol–water partition coefficient (Wildman–Crippen LogP) is 4.65. The second-order valence-electron chi connectivity index (χ2n) is 4.97. The van der Waals surface area contributed by atoms with Gasteiger partial charge in [-0.3, -0.25) is 0 Å². The molecule has 1 unspecified atom stereocenters. The molecule has 0 bridgehead atoms. The van der Waals surface area contributed by atoms with E-state index in [-0.39, 0.29) is 6.04 Å². The number of aryl methyl sites for hydroxylation is 2. The lowest BCUT2D eigenvalue weighted by Crippen LogP contribution is -2.13. The quantitative estimate of drug-likeness (QED) is 0.862. The van der Waals surface area contributed by atoms with Crippen molar-refractivity contribution in [3.63, 3.8) is 0 Å². The molecule has 0 fully saturated rings. The molecule has 2 N–H and O–H groups in total. The average molecular weight is 274 g/mol. The minimum absolute atomic E-state index is 0.115. The Morgan fingerprint density at radius 1 is 1.16 bits per heavy atom. The monoisotopic (exact) mass is 273 g/mol. The number of rotatable bonds is 4. The molecule has 0 spiro atoms. The maximum absolute atomic E-state index is 6.39. The Kier molecular flexibility index (Phi) is 4.62. The minimum Gasteiger partial charge on any atom is -0.320 e. The van der Waals surface area contributed by atoms with E-state index in [0.29, 0.717) is 0 Å². The minimum atomic E-state index is -0.115. The smallest absolute Gasteiger partial charge is 0.0554 e. The molecule has 0 radical (unpaired) electrons. The van der Waals surface area contributed by atoms with E-state index >= 15 is 0 Å². The Morgan fingerprint density at radius 3 is 2.68 bits per heavy atom. The van der Waals surface area contributed by atoms with E-state index in [1.165, 1.54) is 11.1 Å². The molecule has 0 saturated heterocycles. The van der Waals surface area contributed by atoms with Crippen molar-refractivity contribution in [1.82, 2.24) is 0 Å². The number of hydrogen-bond donors (Lipinski definition) is 1. The lowest BCUT2D eigenvalue weighted by atomic mass is 9.94. The zero-order chi connectivity index (χ0) is 13.8. The molecule has 0 aliphatic carbocycles. The molecule has 2 aromatic rings. The molecule has 2 aromatic carbocycles. The summed E-state index contributed by atoms with van der Waals surface area (Å²) in [6.45, 7) is 4.26. The molecule has 1 atom stereocenters. The van der Waals surface area contributed by atoms with Crippen LogP contribution in [-0.2, 0) is 6.42 Å². The summed E-state index contributed by atoms with van der Waals surface area (Å²) in [7, 11) is 0. The van der Waals surface area contributed by atoms with Gasteiger partial charge in [0.1, 0.15) is 0 Å². The van der Waals surface area contributed by atoms with Crippen LogP contribution in [0.5, 0.6) is 0 Å². The van der Waals surface area contributed by atoms with Crippen LogP contribution in [0.15, 0.2) is 42.5 Å². The van der Waals surface area contributed by atoms with Crippen molar-refractivity contribution in [3.05, 3.63) is 69.7 Å². The summed E-state index contributed by atoms with van der Waals surface area (Å²) in [6.07, 6.45) is 2.24. The Balaban J connectivity index is 2.35. The molecule has 2 heteroatoms. The molecule has 19 heavy (non-hydrogen) atoms. The van der Waals surface area contributed by atoms with E-state index in [0.717, 1.165) is 29.0 Å². The Hall–Kier alpha value is -1.31. The Bertz CT molecular complexity index is 563. The molecule has 0 aliphatic rings. The summed E-state index contributed by atoms with van der Waals surface area (Å²) in [5, 5.41) is 0.737. The third-order valence-corrected chi connectivity index (χ3v) is 3.66. The maximum atomic E-state index is 6.39. The van der Waals surface area contributed by atoms with E-state index in [4.69, 9.17) is 17.3 Å². The standard InChI is InChI=1S/C17H20ClN/c1-3-5-13-6-4-7-14(10-13)17(19)16-11-15(18)9-8-12(16)2/h4,6-11,17H,3,5,19H2,1-2H3. The molecule has 0 saturated carbocycles. The predicted molar refractivity (Wildman–Crippen MR) is 82.7 cm³/mol. The van der Waals surface area contributed by atoms with Crippen LogP contribution in [-0.4, -0.2) is 0 Å². The number of benzene rings is 2.